The summed E-state index contributed by atoms with van der Waals surface area (Å²) in [5.74, 6) is 0. The van der Waals surface area contributed by atoms with Gasteiger partial charge in [0.2, 0.25) is 0 Å². The molecular formula is C14H23NO. The molecule has 0 bridgehead atoms. The van der Waals surface area contributed by atoms with E-state index in [0.29, 0.717) is 0 Å². The molecule has 1 atom stereocenters. The SMILES string of the molecule is CCN(Cc1ccccc1)CC(C)(O)CC. The summed E-state index contributed by atoms with van der Waals surface area (Å²) in [4.78, 5) is 2.28. The number of benzene rings is 1. The van der Waals surface area contributed by atoms with Crippen LogP contribution in [0.5, 0.6) is 0 Å². The molecule has 2 heteroatoms. The molecule has 0 saturated carbocycles. The van der Waals surface area contributed by atoms with Crippen LogP contribution < -0.4 is 0 Å². The second-order valence-electron chi connectivity index (χ2n) is 4.64. The van der Waals surface area contributed by atoms with E-state index in [-0.39, 0.29) is 0 Å². The minimum Gasteiger partial charge on any atom is -0.389 e. The molecule has 0 amide bonds. The molecule has 0 aliphatic heterocycles. The predicted molar refractivity (Wildman–Crippen MR) is 68.3 cm³/mol. The first kappa shape index (κ1) is 13.2. The average molecular weight is 221 g/mol. The standard InChI is InChI=1S/C14H23NO/c1-4-14(3,16)12-15(5-2)11-13-9-7-6-8-10-13/h6-10,16H,4-5,11-12H2,1-3H3. The van der Waals surface area contributed by atoms with Crippen molar-refractivity contribution >= 4 is 0 Å². The smallest absolute Gasteiger partial charge is 0.0743 e. The molecule has 0 aliphatic rings. The molecule has 0 heterocycles. The van der Waals surface area contributed by atoms with Gasteiger partial charge in [0.05, 0.1) is 5.60 Å². The van der Waals surface area contributed by atoms with Crippen molar-refractivity contribution in [2.45, 2.75) is 39.3 Å². The van der Waals surface area contributed by atoms with E-state index in [1.165, 1.54) is 5.56 Å². The lowest BCUT2D eigenvalue weighted by Gasteiger charge is -2.30. The minimum absolute atomic E-state index is 0.579. The second kappa shape index (κ2) is 6.02. The fourth-order valence-electron chi connectivity index (χ4n) is 1.71. The van der Waals surface area contributed by atoms with E-state index in [2.05, 4.69) is 36.1 Å². The maximum Gasteiger partial charge on any atom is 0.0743 e. The summed E-state index contributed by atoms with van der Waals surface area (Å²) in [5.41, 5.74) is 0.724. The maximum absolute atomic E-state index is 10.1. The number of hydrogen-bond acceptors (Lipinski definition) is 2. The van der Waals surface area contributed by atoms with Gasteiger partial charge in [-0.1, -0.05) is 44.2 Å². The van der Waals surface area contributed by atoms with Gasteiger partial charge in [-0.3, -0.25) is 4.90 Å². The molecule has 0 aliphatic carbocycles. The van der Waals surface area contributed by atoms with E-state index in [9.17, 15) is 5.11 Å². The van der Waals surface area contributed by atoms with Crippen LogP contribution in [0.15, 0.2) is 30.3 Å². The Morgan fingerprint density at radius 3 is 2.31 bits per heavy atom. The van der Waals surface area contributed by atoms with E-state index in [1.54, 1.807) is 0 Å². The van der Waals surface area contributed by atoms with Crippen molar-refractivity contribution in [1.29, 1.82) is 0 Å². The highest BCUT2D eigenvalue weighted by atomic mass is 16.3. The number of rotatable bonds is 6. The third-order valence-corrected chi connectivity index (χ3v) is 3.02. The van der Waals surface area contributed by atoms with Gasteiger partial charge in [0, 0.05) is 13.1 Å². The summed E-state index contributed by atoms with van der Waals surface area (Å²) in [7, 11) is 0. The Bertz CT molecular complexity index is 295. The molecule has 0 aromatic heterocycles. The lowest BCUT2D eigenvalue weighted by molar-refractivity contribution is 0.0155. The summed E-state index contributed by atoms with van der Waals surface area (Å²) in [6.07, 6.45) is 0.790. The van der Waals surface area contributed by atoms with Crippen LogP contribution in [-0.2, 0) is 6.54 Å². The normalized spacial score (nSPS) is 15.1. The van der Waals surface area contributed by atoms with Crippen LogP contribution in [0.25, 0.3) is 0 Å². The average Bonchev–Trinajstić information content (AvgIpc) is 2.29. The van der Waals surface area contributed by atoms with E-state index in [0.717, 1.165) is 26.1 Å². The highest BCUT2D eigenvalue weighted by molar-refractivity contribution is 5.14. The van der Waals surface area contributed by atoms with Gasteiger partial charge >= 0.3 is 0 Å². The highest BCUT2D eigenvalue weighted by Crippen LogP contribution is 2.13. The molecule has 16 heavy (non-hydrogen) atoms. The van der Waals surface area contributed by atoms with Crippen LogP contribution in [0.3, 0.4) is 0 Å². The van der Waals surface area contributed by atoms with Gasteiger partial charge in [0.1, 0.15) is 0 Å². The van der Waals surface area contributed by atoms with Crippen LogP contribution in [0.2, 0.25) is 0 Å². The van der Waals surface area contributed by atoms with Crippen molar-refractivity contribution in [3.63, 3.8) is 0 Å². The van der Waals surface area contributed by atoms with Crippen LogP contribution in [0.1, 0.15) is 32.8 Å². The van der Waals surface area contributed by atoms with E-state index in [4.69, 9.17) is 0 Å². The minimum atomic E-state index is -0.579. The largest absolute Gasteiger partial charge is 0.389 e. The first-order valence-electron chi connectivity index (χ1n) is 6.06. The fourth-order valence-corrected chi connectivity index (χ4v) is 1.71. The van der Waals surface area contributed by atoms with Crippen LogP contribution in [0.4, 0.5) is 0 Å². The number of nitrogens with zero attached hydrogens (tertiary/aromatic N) is 1. The van der Waals surface area contributed by atoms with Crippen LogP contribution >= 0.6 is 0 Å². The van der Waals surface area contributed by atoms with Crippen molar-refractivity contribution in [3.8, 4) is 0 Å². The van der Waals surface area contributed by atoms with Gasteiger partial charge in [-0.2, -0.15) is 0 Å². The third-order valence-electron chi connectivity index (χ3n) is 3.02. The molecule has 0 spiro atoms. The van der Waals surface area contributed by atoms with Crippen molar-refractivity contribution in [2.24, 2.45) is 0 Å². The molecule has 2 nitrogen and oxygen atoms in total. The molecular weight excluding hydrogens is 198 g/mol. The summed E-state index contributed by atoms with van der Waals surface area (Å²) >= 11 is 0. The molecule has 1 unspecified atom stereocenters. The molecule has 1 aromatic rings. The molecule has 1 aromatic carbocycles. The van der Waals surface area contributed by atoms with Crippen LogP contribution in [0, 0.1) is 0 Å². The Balaban J connectivity index is 2.56. The number of aliphatic hydroxyl groups is 1. The van der Waals surface area contributed by atoms with E-state index < -0.39 is 5.60 Å². The third kappa shape index (κ3) is 4.33. The quantitative estimate of drug-likeness (QED) is 0.798. The van der Waals surface area contributed by atoms with Gasteiger partial charge in [0.15, 0.2) is 0 Å². The zero-order chi connectivity index (χ0) is 12.0. The summed E-state index contributed by atoms with van der Waals surface area (Å²) < 4.78 is 0. The molecule has 90 valence electrons. The highest BCUT2D eigenvalue weighted by Gasteiger charge is 2.20. The summed E-state index contributed by atoms with van der Waals surface area (Å²) in [5, 5.41) is 10.1. The topological polar surface area (TPSA) is 23.5 Å². The maximum atomic E-state index is 10.1. The molecule has 0 fully saturated rings. The van der Waals surface area contributed by atoms with Crippen LogP contribution in [-0.4, -0.2) is 28.7 Å². The Labute approximate surface area is 98.9 Å². The fraction of sp³-hybridized carbons (Fsp3) is 0.571. The summed E-state index contributed by atoms with van der Waals surface area (Å²) in [6.45, 7) is 8.67. The monoisotopic (exact) mass is 221 g/mol. The van der Waals surface area contributed by atoms with Crippen molar-refractivity contribution in [3.05, 3.63) is 35.9 Å². The number of hydrogen-bond donors (Lipinski definition) is 1. The molecule has 0 radical (unpaired) electrons. The van der Waals surface area contributed by atoms with Gasteiger partial charge in [0.25, 0.3) is 0 Å². The van der Waals surface area contributed by atoms with Crippen molar-refractivity contribution < 1.29 is 5.11 Å². The Morgan fingerprint density at radius 2 is 1.81 bits per heavy atom. The van der Waals surface area contributed by atoms with Crippen molar-refractivity contribution in [2.75, 3.05) is 13.1 Å². The molecule has 1 N–H and O–H groups in total. The summed E-state index contributed by atoms with van der Waals surface area (Å²) in [6, 6.07) is 10.4. The zero-order valence-electron chi connectivity index (χ0n) is 10.6. The van der Waals surface area contributed by atoms with Crippen molar-refractivity contribution in [1.82, 2.24) is 4.90 Å². The second-order valence-corrected chi connectivity index (χ2v) is 4.64. The Kier molecular flexibility index (Phi) is 4.97. The molecule has 1 rings (SSSR count). The Hall–Kier alpha value is -0.860. The van der Waals surface area contributed by atoms with E-state index >= 15 is 0 Å². The first-order chi connectivity index (χ1) is 7.57. The van der Waals surface area contributed by atoms with Gasteiger partial charge in [-0.25, -0.2) is 0 Å². The number of likely N-dealkylation sites (N-methyl/N-ethyl adjacent to an activating group) is 1. The lowest BCUT2D eigenvalue weighted by Crippen LogP contribution is -2.39. The molecule has 0 saturated heterocycles. The first-order valence-corrected chi connectivity index (χ1v) is 6.06. The Morgan fingerprint density at radius 1 is 1.19 bits per heavy atom. The zero-order valence-corrected chi connectivity index (χ0v) is 10.6. The lowest BCUT2D eigenvalue weighted by atomic mass is 10.0. The van der Waals surface area contributed by atoms with Gasteiger partial charge in [-0.05, 0) is 25.5 Å². The van der Waals surface area contributed by atoms with Gasteiger partial charge < -0.3 is 5.11 Å². The van der Waals surface area contributed by atoms with E-state index in [1.807, 2.05) is 19.9 Å². The predicted octanol–water partition coefficient (Wildman–Crippen LogP) is 2.67. The van der Waals surface area contributed by atoms with Gasteiger partial charge in [-0.15, -0.1) is 0 Å².